The second-order valence-electron chi connectivity index (χ2n) is 4.80. The van der Waals surface area contributed by atoms with E-state index in [1.165, 1.54) is 25.2 Å². The maximum atomic E-state index is 11.7. The number of rotatable bonds is 4. The fraction of sp³-hybridized carbons (Fsp3) is 0.188. The first-order chi connectivity index (χ1) is 11.1. The summed E-state index contributed by atoms with van der Waals surface area (Å²) in [4.78, 5) is 21.3. The van der Waals surface area contributed by atoms with Crippen molar-refractivity contribution in [2.75, 3.05) is 7.11 Å². The molecule has 2 heterocycles. The summed E-state index contributed by atoms with van der Waals surface area (Å²) in [6.45, 7) is 1.80. The molecule has 0 aliphatic heterocycles. The molecule has 1 unspecified atom stereocenters. The lowest BCUT2D eigenvalue weighted by molar-refractivity contribution is -0.139. The molecule has 3 rings (SSSR count). The van der Waals surface area contributed by atoms with Gasteiger partial charge >= 0.3 is 5.97 Å². The van der Waals surface area contributed by atoms with Gasteiger partial charge in [-0.2, -0.15) is 0 Å². The van der Waals surface area contributed by atoms with Gasteiger partial charge in [0.05, 0.1) is 12.5 Å². The summed E-state index contributed by atoms with van der Waals surface area (Å²) >= 11 is 8.90. The molecule has 0 fully saturated rings. The van der Waals surface area contributed by atoms with E-state index in [9.17, 15) is 4.79 Å². The Balaban J connectivity index is 2.07. The van der Waals surface area contributed by atoms with Crippen molar-refractivity contribution in [1.82, 2.24) is 9.97 Å². The summed E-state index contributed by atoms with van der Waals surface area (Å²) in [6.07, 6.45) is 1.52. The van der Waals surface area contributed by atoms with Gasteiger partial charge in [0, 0.05) is 16.0 Å². The van der Waals surface area contributed by atoms with Gasteiger partial charge in [0.15, 0.2) is 0 Å². The molecule has 0 bridgehead atoms. The Morgan fingerprint density at radius 3 is 2.74 bits per heavy atom. The summed E-state index contributed by atoms with van der Waals surface area (Å²) in [7, 11) is 1.39. The molecular weight excluding hydrogens is 352 g/mol. The number of ether oxygens (including phenoxy) is 1. The van der Waals surface area contributed by atoms with E-state index < -0.39 is 0 Å². The van der Waals surface area contributed by atoms with Crippen LogP contribution in [0.3, 0.4) is 0 Å². The van der Waals surface area contributed by atoms with Crippen LogP contribution >= 0.6 is 34.7 Å². The number of thiophene rings is 1. The number of carbonyl (C=O) groups is 1. The summed E-state index contributed by atoms with van der Waals surface area (Å²) < 4.78 is 4.79. The number of halogens is 1. The van der Waals surface area contributed by atoms with Crippen LogP contribution in [0.5, 0.6) is 0 Å². The first kappa shape index (κ1) is 16.2. The Labute approximate surface area is 146 Å². The van der Waals surface area contributed by atoms with Gasteiger partial charge < -0.3 is 4.74 Å². The highest BCUT2D eigenvalue weighted by molar-refractivity contribution is 8.00. The average molecular weight is 365 g/mol. The number of hydrogen-bond donors (Lipinski definition) is 0. The number of nitrogens with zero attached hydrogens (tertiary/aromatic N) is 2. The predicted octanol–water partition coefficient (Wildman–Crippen LogP) is 4.67. The second-order valence-corrected chi connectivity index (χ2v) is 7.42. The molecule has 3 aromatic rings. The molecule has 0 spiro atoms. The smallest absolute Gasteiger partial charge is 0.318 e. The van der Waals surface area contributed by atoms with Gasteiger partial charge in [0.25, 0.3) is 0 Å². The van der Waals surface area contributed by atoms with Gasteiger partial charge in [-0.3, -0.25) is 4.79 Å². The monoisotopic (exact) mass is 364 g/mol. The molecule has 1 atom stereocenters. The number of fused-ring (bicyclic) bond motifs is 1. The molecule has 4 nitrogen and oxygen atoms in total. The number of methoxy groups -OCH3 is 1. The molecule has 1 aromatic carbocycles. The van der Waals surface area contributed by atoms with Crippen molar-refractivity contribution >= 4 is 50.9 Å². The third kappa shape index (κ3) is 3.34. The maximum absolute atomic E-state index is 11.7. The Morgan fingerprint density at radius 1 is 1.30 bits per heavy atom. The minimum absolute atomic E-state index is 0.273. The minimum atomic E-state index is -0.337. The Morgan fingerprint density at radius 2 is 2.04 bits per heavy atom. The predicted molar refractivity (Wildman–Crippen MR) is 95.2 cm³/mol. The van der Waals surface area contributed by atoms with Crippen LogP contribution in [-0.4, -0.2) is 28.3 Å². The number of benzene rings is 1. The van der Waals surface area contributed by atoms with Crippen LogP contribution in [0.1, 0.15) is 6.92 Å². The van der Waals surface area contributed by atoms with Crippen LogP contribution in [0.15, 0.2) is 41.0 Å². The third-order valence-corrected chi connectivity index (χ3v) is 5.53. The molecule has 2 aromatic heterocycles. The summed E-state index contributed by atoms with van der Waals surface area (Å²) in [5.41, 5.74) is 2.09. The highest BCUT2D eigenvalue weighted by Gasteiger charge is 2.20. The zero-order valence-electron chi connectivity index (χ0n) is 12.4. The van der Waals surface area contributed by atoms with E-state index in [2.05, 4.69) is 15.3 Å². The summed E-state index contributed by atoms with van der Waals surface area (Å²) in [5, 5.41) is 4.14. The van der Waals surface area contributed by atoms with E-state index >= 15 is 0 Å². The van der Waals surface area contributed by atoms with Crippen molar-refractivity contribution in [2.45, 2.75) is 17.2 Å². The van der Waals surface area contributed by atoms with Crippen LogP contribution in [-0.2, 0) is 9.53 Å². The topological polar surface area (TPSA) is 52.1 Å². The quantitative estimate of drug-likeness (QED) is 0.382. The fourth-order valence-electron chi connectivity index (χ4n) is 2.16. The molecule has 0 saturated heterocycles. The number of esters is 1. The van der Waals surface area contributed by atoms with Crippen LogP contribution in [0.2, 0.25) is 5.02 Å². The van der Waals surface area contributed by atoms with Crippen molar-refractivity contribution < 1.29 is 9.53 Å². The zero-order chi connectivity index (χ0) is 16.4. The third-order valence-electron chi connectivity index (χ3n) is 3.31. The molecule has 0 aliphatic rings. The molecule has 0 amide bonds. The van der Waals surface area contributed by atoms with E-state index in [1.54, 1.807) is 18.3 Å². The lowest BCUT2D eigenvalue weighted by Crippen LogP contribution is -2.14. The van der Waals surface area contributed by atoms with Crippen molar-refractivity contribution in [3.05, 3.63) is 41.0 Å². The van der Waals surface area contributed by atoms with Gasteiger partial charge in [-0.05, 0) is 24.6 Å². The van der Waals surface area contributed by atoms with Crippen LogP contribution in [0.4, 0.5) is 0 Å². The van der Waals surface area contributed by atoms with Crippen LogP contribution in [0.25, 0.3) is 21.3 Å². The van der Waals surface area contributed by atoms with E-state index in [-0.39, 0.29) is 11.2 Å². The van der Waals surface area contributed by atoms with Crippen molar-refractivity contribution in [3.8, 4) is 11.1 Å². The molecule has 0 N–H and O–H groups in total. The second kappa shape index (κ2) is 6.86. The molecular formula is C16H13ClN2O2S2. The van der Waals surface area contributed by atoms with Crippen molar-refractivity contribution in [1.29, 1.82) is 0 Å². The normalized spacial score (nSPS) is 12.3. The van der Waals surface area contributed by atoms with Gasteiger partial charge in [-0.25, -0.2) is 9.97 Å². The van der Waals surface area contributed by atoms with E-state index in [4.69, 9.17) is 16.3 Å². The van der Waals surface area contributed by atoms with E-state index in [0.717, 1.165) is 26.4 Å². The Hall–Kier alpha value is -1.63. The maximum Gasteiger partial charge on any atom is 0.318 e. The molecule has 0 aliphatic carbocycles. The molecule has 7 heteroatoms. The fourth-order valence-corrected chi connectivity index (χ4v) is 4.23. The van der Waals surface area contributed by atoms with Gasteiger partial charge in [-0.1, -0.05) is 35.5 Å². The van der Waals surface area contributed by atoms with Crippen molar-refractivity contribution in [3.63, 3.8) is 0 Å². The highest BCUT2D eigenvalue weighted by Crippen LogP contribution is 2.39. The first-order valence-electron chi connectivity index (χ1n) is 6.82. The summed E-state index contributed by atoms with van der Waals surface area (Å²) in [6, 6.07) is 7.65. The standard InChI is InChI=1S/C16H13ClN2O2S2/c1-9(16(20)21-2)23-15-13-12(7-22-14(13)18-8-19-15)10-3-5-11(17)6-4-10/h3-9H,1-2H3. The van der Waals surface area contributed by atoms with E-state index in [1.807, 2.05) is 24.3 Å². The van der Waals surface area contributed by atoms with Gasteiger partial charge in [0.1, 0.15) is 21.4 Å². The highest BCUT2D eigenvalue weighted by atomic mass is 35.5. The first-order valence-corrected chi connectivity index (χ1v) is 8.96. The molecule has 0 saturated carbocycles. The SMILES string of the molecule is COC(=O)C(C)Sc1ncnc2scc(-c3ccc(Cl)cc3)c12. The Kier molecular flexibility index (Phi) is 4.84. The average Bonchev–Trinajstić information content (AvgIpc) is 3.00. The largest absolute Gasteiger partial charge is 0.468 e. The lowest BCUT2D eigenvalue weighted by Gasteiger charge is -2.09. The van der Waals surface area contributed by atoms with Gasteiger partial charge in [0.2, 0.25) is 0 Å². The van der Waals surface area contributed by atoms with Gasteiger partial charge in [-0.15, -0.1) is 11.3 Å². The van der Waals surface area contributed by atoms with Crippen LogP contribution in [0, 0.1) is 0 Å². The molecule has 118 valence electrons. The van der Waals surface area contributed by atoms with E-state index in [0.29, 0.717) is 5.02 Å². The number of carbonyl (C=O) groups excluding carboxylic acids is 1. The number of thioether (sulfide) groups is 1. The lowest BCUT2D eigenvalue weighted by atomic mass is 10.1. The minimum Gasteiger partial charge on any atom is -0.468 e. The molecule has 0 radical (unpaired) electrons. The number of hydrogen-bond acceptors (Lipinski definition) is 6. The number of aromatic nitrogens is 2. The molecule has 23 heavy (non-hydrogen) atoms. The zero-order valence-corrected chi connectivity index (χ0v) is 14.8. The van der Waals surface area contributed by atoms with Crippen molar-refractivity contribution in [2.24, 2.45) is 0 Å². The van der Waals surface area contributed by atoms with Crippen LogP contribution < -0.4 is 0 Å². The summed E-state index contributed by atoms with van der Waals surface area (Å²) in [5.74, 6) is -0.273. The Bertz CT molecular complexity index is 849.